The van der Waals surface area contributed by atoms with E-state index in [-0.39, 0.29) is 11.6 Å². The smallest absolute Gasteiger partial charge is 0.271 e. The number of hydrogen-bond acceptors (Lipinski definition) is 6. The van der Waals surface area contributed by atoms with Crippen LogP contribution in [0.15, 0.2) is 54.9 Å². The number of ether oxygens (including phenoxy) is 2. The lowest BCUT2D eigenvalue weighted by molar-refractivity contribution is 0.0949. The van der Waals surface area contributed by atoms with Crippen LogP contribution < -0.4 is 14.8 Å². The van der Waals surface area contributed by atoms with E-state index < -0.39 is 6.10 Å². The maximum atomic E-state index is 12.6. The van der Waals surface area contributed by atoms with Crippen LogP contribution in [0, 0.1) is 0 Å². The summed E-state index contributed by atoms with van der Waals surface area (Å²) in [5.74, 6) is 1.16. The zero-order chi connectivity index (χ0) is 22.2. The Kier molecular flexibility index (Phi) is 7.56. The van der Waals surface area contributed by atoms with Crippen molar-refractivity contribution < 1.29 is 19.4 Å². The molecule has 1 heterocycles. The zero-order valence-corrected chi connectivity index (χ0v) is 18.0. The highest BCUT2D eigenvalue weighted by molar-refractivity contribution is 5.92. The molecule has 1 amide bonds. The van der Waals surface area contributed by atoms with E-state index >= 15 is 0 Å². The summed E-state index contributed by atoms with van der Waals surface area (Å²) in [5, 5.41) is 12.7. The lowest BCUT2D eigenvalue weighted by Gasteiger charge is -2.11. The van der Waals surface area contributed by atoms with Crippen molar-refractivity contribution in [2.24, 2.45) is 0 Å². The quantitative estimate of drug-likeness (QED) is 0.549. The fourth-order valence-corrected chi connectivity index (χ4v) is 3.10. The van der Waals surface area contributed by atoms with Crippen LogP contribution in [0.2, 0.25) is 0 Å². The monoisotopic (exact) mass is 421 g/mol. The van der Waals surface area contributed by atoms with E-state index in [1.807, 2.05) is 43.3 Å². The summed E-state index contributed by atoms with van der Waals surface area (Å²) < 4.78 is 10.7. The van der Waals surface area contributed by atoms with Gasteiger partial charge in [-0.3, -0.25) is 9.78 Å². The Bertz CT molecular complexity index is 1020. The van der Waals surface area contributed by atoms with Crippen molar-refractivity contribution in [3.63, 3.8) is 0 Å². The van der Waals surface area contributed by atoms with Crippen molar-refractivity contribution in [1.29, 1.82) is 0 Å². The molecule has 3 aromatic rings. The highest BCUT2D eigenvalue weighted by Crippen LogP contribution is 2.22. The van der Waals surface area contributed by atoms with Crippen molar-refractivity contribution in [3.05, 3.63) is 71.7 Å². The number of aromatic nitrogens is 2. The molecule has 0 radical (unpaired) electrons. The Morgan fingerprint density at radius 2 is 1.90 bits per heavy atom. The fraction of sp³-hybridized carbons (Fsp3) is 0.292. The van der Waals surface area contributed by atoms with Gasteiger partial charge in [0.25, 0.3) is 5.91 Å². The lowest BCUT2D eigenvalue weighted by atomic mass is 10.0. The Morgan fingerprint density at radius 1 is 1.13 bits per heavy atom. The lowest BCUT2D eigenvalue weighted by Crippen LogP contribution is -2.26. The molecular weight excluding hydrogens is 394 g/mol. The molecule has 2 N–H and O–H groups in total. The van der Waals surface area contributed by atoms with E-state index in [4.69, 9.17) is 9.47 Å². The fourth-order valence-electron chi connectivity index (χ4n) is 3.10. The molecule has 0 aliphatic heterocycles. The first kappa shape index (κ1) is 22.2. The van der Waals surface area contributed by atoms with Crippen molar-refractivity contribution in [1.82, 2.24) is 15.3 Å². The SMILES string of the molecule is CCOc1ccc(-c2cncc(C(=O)NCCc3cc(OC)cc(C(C)O)c3)n2)cc1. The molecule has 1 unspecified atom stereocenters. The van der Waals surface area contributed by atoms with Crippen LogP contribution >= 0.6 is 0 Å². The summed E-state index contributed by atoms with van der Waals surface area (Å²) in [6.45, 7) is 4.66. The largest absolute Gasteiger partial charge is 0.497 e. The van der Waals surface area contributed by atoms with Crippen LogP contribution in [-0.4, -0.2) is 41.2 Å². The summed E-state index contributed by atoms with van der Waals surface area (Å²) in [6.07, 6.45) is 3.07. The molecular formula is C24H27N3O4. The number of benzene rings is 2. The molecule has 1 atom stereocenters. The van der Waals surface area contributed by atoms with Crippen LogP contribution in [-0.2, 0) is 6.42 Å². The van der Waals surface area contributed by atoms with Crippen LogP contribution in [0.25, 0.3) is 11.3 Å². The van der Waals surface area contributed by atoms with Gasteiger partial charge in [0.05, 0.1) is 37.9 Å². The minimum Gasteiger partial charge on any atom is -0.497 e. The van der Waals surface area contributed by atoms with Crippen molar-refractivity contribution >= 4 is 5.91 Å². The summed E-state index contributed by atoms with van der Waals surface area (Å²) in [5.41, 5.74) is 3.46. The molecule has 7 nitrogen and oxygen atoms in total. The van der Waals surface area contributed by atoms with Crippen molar-refractivity contribution in [3.8, 4) is 22.8 Å². The van der Waals surface area contributed by atoms with E-state index in [1.165, 1.54) is 6.20 Å². The average molecular weight is 421 g/mol. The first-order valence-corrected chi connectivity index (χ1v) is 10.2. The topological polar surface area (TPSA) is 93.6 Å². The maximum absolute atomic E-state index is 12.6. The number of amides is 1. The molecule has 162 valence electrons. The van der Waals surface area contributed by atoms with Gasteiger partial charge in [-0.1, -0.05) is 6.07 Å². The van der Waals surface area contributed by atoms with Crippen LogP contribution in [0.4, 0.5) is 0 Å². The van der Waals surface area contributed by atoms with Gasteiger partial charge in [-0.2, -0.15) is 0 Å². The molecule has 0 saturated carbocycles. The molecule has 0 fully saturated rings. The summed E-state index contributed by atoms with van der Waals surface area (Å²) in [7, 11) is 1.59. The number of methoxy groups -OCH3 is 1. The van der Waals surface area contributed by atoms with Crippen molar-refractivity contribution in [2.75, 3.05) is 20.3 Å². The molecule has 7 heteroatoms. The Balaban J connectivity index is 1.64. The first-order valence-electron chi connectivity index (χ1n) is 10.2. The molecule has 31 heavy (non-hydrogen) atoms. The van der Waals surface area contributed by atoms with Gasteiger partial charge in [0, 0.05) is 12.1 Å². The molecule has 2 aromatic carbocycles. The number of hydrogen-bond donors (Lipinski definition) is 2. The maximum Gasteiger partial charge on any atom is 0.271 e. The average Bonchev–Trinajstić information content (AvgIpc) is 2.79. The van der Waals surface area contributed by atoms with Gasteiger partial charge in [-0.25, -0.2) is 4.98 Å². The Morgan fingerprint density at radius 3 is 2.58 bits per heavy atom. The minimum absolute atomic E-state index is 0.252. The summed E-state index contributed by atoms with van der Waals surface area (Å²) in [6, 6.07) is 13.1. The molecule has 1 aromatic heterocycles. The molecule has 0 spiro atoms. The Labute approximate surface area is 182 Å². The molecule has 0 saturated heterocycles. The third kappa shape index (κ3) is 6.02. The van der Waals surface area contributed by atoms with Crippen LogP contribution in [0.1, 0.15) is 41.6 Å². The van der Waals surface area contributed by atoms with Gasteiger partial charge in [-0.15, -0.1) is 0 Å². The highest BCUT2D eigenvalue weighted by Gasteiger charge is 2.11. The predicted molar refractivity (Wildman–Crippen MR) is 118 cm³/mol. The summed E-state index contributed by atoms with van der Waals surface area (Å²) >= 11 is 0. The minimum atomic E-state index is -0.593. The number of nitrogens with one attached hydrogen (secondary N) is 1. The van der Waals surface area contributed by atoms with Crippen LogP contribution in [0.5, 0.6) is 11.5 Å². The number of carbonyl (C=O) groups is 1. The third-order valence-corrected chi connectivity index (χ3v) is 4.73. The second kappa shape index (κ2) is 10.5. The number of nitrogens with zero attached hydrogens (tertiary/aromatic N) is 2. The van der Waals surface area contributed by atoms with E-state index in [1.54, 1.807) is 26.3 Å². The Hall–Kier alpha value is -3.45. The second-order valence-corrected chi connectivity index (χ2v) is 7.04. The van der Waals surface area contributed by atoms with Gasteiger partial charge < -0.3 is 19.9 Å². The van der Waals surface area contributed by atoms with Gasteiger partial charge >= 0.3 is 0 Å². The van der Waals surface area contributed by atoms with E-state index in [9.17, 15) is 9.90 Å². The normalized spacial score (nSPS) is 11.6. The van der Waals surface area contributed by atoms with E-state index in [2.05, 4.69) is 15.3 Å². The van der Waals surface area contributed by atoms with E-state index in [0.717, 1.165) is 22.4 Å². The molecule has 3 rings (SSSR count). The van der Waals surface area contributed by atoms with Crippen molar-refractivity contribution in [2.45, 2.75) is 26.4 Å². The van der Waals surface area contributed by atoms with Gasteiger partial charge in [0.1, 0.15) is 17.2 Å². The third-order valence-electron chi connectivity index (χ3n) is 4.73. The van der Waals surface area contributed by atoms with Crippen LogP contribution in [0.3, 0.4) is 0 Å². The predicted octanol–water partition coefficient (Wildman–Crippen LogP) is 3.58. The first-order chi connectivity index (χ1) is 15.0. The molecule has 0 aliphatic carbocycles. The van der Waals surface area contributed by atoms with Gasteiger partial charge in [-0.05, 0) is 67.8 Å². The number of aliphatic hydroxyl groups excluding tert-OH is 1. The van der Waals surface area contributed by atoms with E-state index in [0.29, 0.717) is 31.0 Å². The number of carbonyl (C=O) groups excluding carboxylic acids is 1. The zero-order valence-electron chi connectivity index (χ0n) is 18.0. The summed E-state index contributed by atoms with van der Waals surface area (Å²) in [4.78, 5) is 21.2. The number of rotatable bonds is 9. The van der Waals surface area contributed by atoms with Gasteiger partial charge in [0.15, 0.2) is 0 Å². The molecule has 0 bridgehead atoms. The second-order valence-electron chi connectivity index (χ2n) is 7.04. The highest BCUT2D eigenvalue weighted by atomic mass is 16.5. The standard InChI is InChI=1S/C24H27N3O4/c1-4-31-20-7-5-18(6-8-20)22-14-25-15-23(27-22)24(29)26-10-9-17-11-19(16(2)28)13-21(12-17)30-3/h5-8,11-16,28H,4,9-10H2,1-3H3,(H,26,29). The van der Waals surface area contributed by atoms with Gasteiger partial charge in [0.2, 0.25) is 0 Å². The molecule has 0 aliphatic rings. The number of aliphatic hydroxyl groups is 1.